The van der Waals surface area contributed by atoms with E-state index in [9.17, 15) is 4.39 Å². The molecule has 0 aromatic heterocycles. The number of guanidine groups is 1. The van der Waals surface area contributed by atoms with Crippen LogP contribution >= 0.6 is 24.0 Å². The van der Waals surface area contributed by atoms with Gasteiger partial charge in [0, 0.05) is 19.6 Å². The zero-order chi connectivity index (χ0) is 14.4. The van der Waals surface area contributed by atoms with Gasteiger partial charge in [0.25, 0.3) is 0 Å². The molecule has 1 fully saturated rings. The normalized spacial score (nSPS) is 16.2. The molecule has 2 N–H and O–H groups in total. The van der Waals surface area contributed by atoms with Crippen molar-refractivity contribution in [2.75, 3.05) is 7.05 Å². The molecule has 118 valence electrons. The Morgan fingerprint density at radius 3 is 2.62 bits per heavy atom. The number of aryl methyl sites for hydroxylation is 1. The first-order valence-electron chi connectivity index (χ1n) is 7.41. The van der Waals surface area contributed by atoms with Crippen LogP contribution in [0.15, 0.2) is 23.2 Å². The number of nitrogens with one attached hydrogen (secondary N) is 2. The molecule has 21 heavy (non-hydrogen) atoms. The molecule has 0 spiro atoms. The first kappa shape index (κ1) is 18.2. The number of hydrogen-bond acceptors (Lipinski definition) is 1. The van der Waals surface area contributed by atoms with Gasteiger partial charge >= 0.3 is 0 Å². The molecule has 1 aliphatic carbocycles. The van der Waals surface area contributed by atoms with Gasteiger partial charge in [-0.1, -0.05) is 31.4 Å². The smallest absolute Gasteiger partial charge is 0.191 e. The lowest BCUT2D eigenvalue weighted by Crippen LogP contribution is -2.43. The highest BCUT2D eigenvalue weighted by molar-refractivity contribution is 14.0. The minimum absolute atomic E-state index is 0. The third-order valence-corrected chi connectivity index (χ3v) is 3.87. The van der Waals surface area contributed by atoms with Crippen LogP contribution in [0.25, 0.3) is 0 Å². The summed E-state index contributed by atoms with van der Waals surface area (Å²) in [7, 11) is 1.77. The molecule has 3 nitrogen and oxygen atoms in total. The van der Waals surface area contributed by atoms with E-state index in [1.807, 2.05) is 12.1 Å². The SMILES string of the molecule is CN=C(NCc1ccc(C)c(F)c1)NC1CCCCC1.I. The summed E-state index contributed by atoms with van der Waals surface area (Å²) in [5.41, 5.74) is 1.61. The van der Waals surface area contributed by atoms with Crippen molar-refractivity contribution in [1.82, 2.24) is 10.6 Å². The minimum Gasteiger partial charge on any atom is -0.354 e. The summed E-state index contributed by atoms with van der Waals surface area (Å²) in [6.07, 6.45) is 6.34. The fourth-order valence-corrected chi connectivity index (χ4v) is 2.57. The van der Waals surface area contributed by atoms with Crippen LogP contribution < -0.4 is 10.6 Å². The Hall–Kier alpha value is -0.850. The molecular formula is C16H25FIN3. The van der Waals surface area contributed by atoms with Crippen molar-refractivity contribution < 1.29 is 4.39 Å². The second-order valence-electron chi connectivity index (χ2n) is 5.49. The van der Waals surface area contributed by atoms with Crippen LogP contribution in [0.3, 0.4) is 0 Å². The minimum atomic E-state index is -0.153. The standard InChI is InChI=1S/C16H24FN3.HI/c1-12-8-9-13(10-15(12)17)11-19-16(18-2)20-14-6-4-3-5-7-14;/h8-10,14H,3-7,11H2,1-2H3,(H2,18,19,20);1H. The monoisotopic (exact) mass is 405 g/mol. The molecule has 5 heteroatoms. The van der Waals surface area contributed by atoms with Crippen LogP contribution in [0.5, 0.6) is 0 Å². The average Bonchev–Trinajstić information content (AvgIpc) is 2.48. The summed E-state index contributed by atoms with van der Waals surface area (Å²) < 4.78 is 13.5. The lowest BCUT2D eigenvalue weighted by Gasteiger charge is -2.24. The van der Waals surface area contributed by atoms with Gasteiger partial charge in [0.05, 0.1) is 0 Å². The Kier molecular flexibility index (Phi) is 8.00. The molecule has 0 unspecified atom stereocenters. The highest BCUT2D eigenvalue weighted by Crippen LogP contribution is 2.17. The highest BCUT2D eigenvalue weighted by Gasteiger charge is 2.14. The molecule has 0 heterocycles. The Labute approximate surface area is 143 Å². The zero-order valence-corrected chi connectivity index (χ0v) is 15.1. The molecule has 0 aliphatic heterocycles. The van der Waals surface area contributed by atoms with Gasteiger partial charge in [0.15, 0.2) is 5.96 Å². The lowest BCUT2D eigenvalue weighted by molar-refractivity contribution is 0.410. The third-order valence-electron chi connectivity index (χ3n) is 3.87. The topological polar surface area (TPSA) is 36.4 Å². The Morgan fingerprint density at radius 2 is 2.00 bits per heavy atom. The second-order valence-corrected chi connectivity index (χ2v) is 5.49. The summed E-state index contributed by atoms with van der Waals surface area (Å²) in [6, 6.07) is 5.85. The van der Waals surface area contributed by atoms with Crippen LogP contribution in [-0.4, -0.2) is 19.0 Å². The van der Waals surface area contributed by atoms with E-state index in [4.69, 9.17) is 0 Å². The van der Waals surface area contributed by atoms with Gasteiger partial charge in [-0.05, 0) is 37.0 Å². The predicted molar refractivity (Wildman–Crippen MR) is 96.8 cm³/mol. The summed E-state index contributed by atoms with van der Waals surface area (Å²) in [4.78, 5) is 4.24. The molecule has 0 radical (unpaired) electrons. The number of halogens is 2. The van der Waals surface area contributed by atoms with E-state index < -0.39 is 0 Å². The van der Waals surface area contributed by atoms with Gasteiger partial charge in [0.2, 0.25) is 0 Å². The number of benzene rings is 1. The van der Waals surface area contributed by atoms with Crippen molar-refractivity contribution in [1.29, 1.82) is 0 Å². The summed E-state index contributed by atoms with van der Waals surface area (Å²) in [6.45, 7) is 2.36. The fourth-order valence-electron chi connectivity index (χ4n) is 2.57. The van der Waals surface area contributed by atoms with Crippen molar-refractivity contribution in [3.63, 3.8) is 0 Å². The molecule has 1 saturated carbocycles. The summed E-state index contributed by atoms with van der Waals surface area (Å²) >= 11 is 0. The maximum Gasteiger partial charge on any atom is 0.191 e. The van der Waals surface area contributed by atoms with Crippen LogP contribution in [0.1, 0.15) is 43.2 Å². The third kappa shape index (κ3) is 5.80. The van der Waals surface area contributed by atoms with Gasteiger partial charge in [-0.3, -0.25) is 4.99 Å². The van der Waals surface area contributed by atoms with Crippen LogP contribution in [0.2, 0.25) is 0 Å². The Morgan fingerprint density at radius 1 is 1.29 bits per heavy atom. The van der Waals surface area contributed by atoms with Crippen molar-refractivity contribution in [3.05, 3.63) is 35.1 Å². The largest absolute Gasteiger partial charge is 0.354 e. The van der Waals surface area contributed by atoms with Crippen molar-refractivity contribution in [2.24, 2.45) is 4.99 Å². The average molecular weight is 405 g/mol. The molecule has 2 rings (SSSR count). The van der Waals surface area contributed by atoms with E-state index in [-0.39, 0.29) is 29.8 Å². The molecule has 0 bridgehead atoms. The molecular weight excluding hydrogens is 380 g/mol. The van der Waals surface area contributed by atoms with Crippen LogP contribution in [0.4, 0.5) is 4.39 Å². The second kappa shape index (κ2) is 9.23. The van der Waals surface area contributed by atoms with Crippen molar-refractivity contribution >= 4 is 29.9 Å². The van der Waals surface area contributed by atoms with E-state index in [1.165, 1.54) is 32.1 Å². The van der Waals surface area contributed by atoms with Gasteiger partial charge in [0.1, 0.15) is 5.82 Å². The van der Waals surface area contributed by atoms with E-state index in [0.717, 1.165) is 11.5 Å². The molecule has 0 atom stereocenters. The zero-order valence-electron chi connectivity index (χ0n) is 12.8. The summed E-state index contributed by atoms with van der Waals surface area (Å²) in [5, 5.41) is 6.70. The number of nitrogens with zero attached hydrogens (tertiary/aromatic N) is 1. The van der Waals surface area contributed by atoms with Gasteiger partial charge in [-0.2, -0.15) is 0 Å². The number of aliphatic imine (C=N–C) groups is 1. The Bertz CT molecular complexity index is 471. The number of rotatable bonds is 3. The molecule has 1 aromatic carbocycles. The fraction of sp³-hybridized carbons (Fsp3) is 0.562. The maximum atomic E-state index is 13.5. The molecule has 0 amide bonds. The van der Waals surface area contributed by atoms with E-state index in [0.29, 0.717) is 18.2 Å². The maximum absolute atomic E-state index is 13.5. The van der Waals surface area contributed by atoms with Gasteiger partial charge < -0.3 is 10.6 Å². The quantitative estimate of drug-likeness (QED) is 0.457. The molecule has 0 saturated heterocycles. The first-order chi connectivity index (χ1) is 9.69. The lowest BCUT2D eigenvalue weighted by atomic mass is 9.96. The molecule has 1 aliphatic rings. The predicted octanol–water partition coefficient (Wildman–Crippen LogP) is 3.75. The van der Waals surface area contributed by atoms with E-state index >= 15 is 0 Å². The van der Waals surface area contributed by atoms with Gasteiger partial charge in [-0.15, -0.1) is 24.0 Å². The van der Waals surface area contributed by atoms with Crippen molar-refractivity contribution in [3.8, 4) is 0 Å². The highest BCUT2D eigenvalue weighted by atomic mass is 127. The van der Waals surface area contributed by atoms with E-state index in [2.05, 4.69) is 15.6 Å². The summed E-state index contributed by atoms with van der Waals surface area (Å²) in [5.74, 6) is 0.650. The van der Waals surface area contributed by atoms with Crippen molar-refractivity contribution in [2.45, 2.75) is 51.6 Å². The van der Waals surface area contributed by atoms with Gasteiger partial charge in [-0.25, -0.2) is 4.39 Å². The van der Waals surface area contributed by atoms with E-state index in [1.54, 1.807) is 20.0 Å². The molecule has 1 aromatic rings. The van der Waals surface area contributed by atoms with Crippen LogP contribution in [-0.2, 0) is 6.54 Å². The number of hydrogen-bond donors (Lipinski definition) is 2. The Balaban J connectivity index is 0.00000220. The first-order valence-corrected chi connectivity index (χ1v) is 7.41. The van der Waals surface area contributed by atoms with Crippen LogP contribution in [0, 0.1) is 12.7 Å².